The van der Waals surface area contributed by atoms with E-state index >= 15 is 0 Å². The van der Waals surface area contributed by atoms with Gasteiger partial charge in [-0.3, -0.25) is 9.13 Å². The molecular weight excluding hydrogens is 1580 g/mol. The third-order valence-corrected chi connectivity index (χ3v) is 29.4. The first-order valence-corrected chi connectivity index (χ1v) is 45.9. The number of hydrogen-bond acceptors (Lipinski definition) is 8. The van der Waals surface area contributed by atoms with Crippen molar-refractivity contribution in [3.63, 3.8) is 0 Å². The molecule has 1 aliphatic carbocycles. The van der Waals surface area contributed by atoms with Gasteiger partial charge >= 0.3 is 0 Å². The summed E-state index contributed by atoms with van der Waals surface area (Å²) in [5.41, 5.74) is 29.7. The molecule has 0 fully saturated rings. The van der Waals surface area contributed by atoms with Gasteiger partial charge in [-0.05, 0) is 221 Å². The highest BCUT2D eigenvalue weighted by atomic mass is 32.1. The van der Waals surface area contributed by atoms with E-state index < -0.39 is 0 Å². The molecular formula is C114H80N8O2S2. The third-order valence-electron chi connectivity index (χ3n) is 27.1. The normalized spacial score (nSPS) is 14.1. The van der Waals surface area contributed by atoms with Gasteiger partial charge in [0.25, 0.3) is 0 Å². The second-order valence-electron chi connectivity index (χ2n) is 34.1. The van der Waals surface area contributed by atoms with Gasteiger partial charge in [-0.1, -0.05) is 209 Å². The molecule has 11 aromatic heterocycles. The molecule has 0 saturated heterocycles. The Kier molecular flexibility index (Phi) is 16.7. The average Bonchev–Trinajstić information content (AvgIpc) is 1.54. The standard InChI is InChI=1S/C114H80N8O2S2/c1-3-5-10-33-81-82(34-11-6-4-2)107-105(86-53-49-76(65-97(86)123-107)121-111-83(35-22-57-115-111)84-36-23-58-116-112(84)121)108-102(81)85-52-48-77(66-96(85)124-108)122-113-89(37-24-59-117-113)103-78(56-60-118-114(103)122)67-40-42-69(43-41-67)101-100(68-25-12-7-13-26-68)104-87-50-44-72(70-46-54-94-90(61-70)79-31-18-20-38-92(79)119(94)74-27-14-8-15-28-74)63-98(87)126-110(104)106-88-51-45-73(64-99(88)125-109(101)106)71-47-55-95-91(62-71)80-32-19-21-39-93(80)120(95)75-29-16-9-17-30-75/h7-9,12-32,35-66,86,97H,3-6,10-11,33-34H2,1-2H3. The van der Waals surface area contributed by atoms with Gasteiger partial charge in [0, 0.05) is 159 Å². The molecule has 12 heterocycles. The smallest absolute Gasteiger partial charge is 0.147 e. The van der Waals surface area contributed by atoms with Gasteiger partial charge in [0.2, 0.25) is 0 Å². The number of nitrogens with zero attached hydrogens (tertiary/aromatic N) is 8. The lowest BCUT2D eigenvalue weighted by Gasteiger charge is -2.19. The summed E-state index contributed by atoms with van der Waals surface area (Å²) in [6, 6.07) is 110. The average molecular weight is 1660 g/mol. The number of allylic oxidation sites excluding steroid dienone is 2. The lowest BCUT2D eigenvalue weighted by Crippen LogP contribution is -2.19. The van der Waals surface area contributed by atoms with Crippen LogP contribution in [0.3, 0.4) is 0 Å². The molecule has 1 aliphatic heterocycles. The first-order valence-electron chi connectivity index (χ1n) is 44.2. The molecule has 26 rings (SSSR count). The van der Waals surface area contributed by atoms with Crippen molar-refractivity contribution in [1.82, 2.24) is 38.2 Å². The van der Waals surface area contributed by atoms with E-state index in [1.165, 1.54) is 139 Å². The highest BCUT2D eigenvalue weighted by Crippen LogP contribution is 2.58. The van der Waals surface area contributed by atoms with Gasteiger partial charge in [-0.25, -0.2) is 19.9 Å². The molecule has 2 aliphatic rings. The van der Waals surface area contributed by atoms with Gasteiger partial charge in [0.15, 0.2) is 0 Å². The SMILES string of the molecule is CCCCCc1c2c(c3oc4cc(-n5c6ncccc6c6c(-c7ccc(-c8c(-c9ccccc9)c9c%10ccc(-c%11ccc%12c(c%11)c%11ccccc%11n%12-c%11ccccc%11)cc%10sc9c9c8sc8cc(-c%10ccc%11c(c%10)c%10ccccc%10n%11-c%10ccccc%10)ccc89)cc7)ccnc65)ccc4c3c1CCCCC)C1C=CC(n3c4ncccc4c4cccnc43)=CC1O2. The van der Waals surface area contributed by atoms with E-state index in [1.54, 1.807) is 0 Å². The zero-order chi connectivity index (χ0) is 82.9. The molecule has 0 bridgehead atoms. The van der Waals surface area contributed by atoms with Gasteiger partial charge in [0.1, 0.15) is 45.6 Å². The van der Waals surface area contributed by atoms with E-state index in [0.29, 0.717) is 0 Å². The quantitative estimate of drug-likeness (QED) is 0.0843. The summed E-state index contributed by atoms with van der Waals surface area (Å²) in [6.07, 6.45) is 22.8. The maximum absolute atomic E-state index is 7.51. The van der Waals surface area contributed by atoms with Crippen LogP contribution in [0.2, 0.25) is 0 Å². The number of aromatic nitrogens is 8. The molecule has 0 saturated carbocycles. The highest BCUT2D eigenvalue weighted by molar-refractivity contribution is 7.30. The molecule has 10 nitrogen and oxygen atoms in total. The Morgan fingerprint density at radius 3 is 1.48 bits per heavy atom. The number of aryl methyl sites for hydroxylation is 1. The Hall–Kier alpha value is -14.8. The van der Waals surface area contributed by atoms with E-state index in [2.05, 4.69) is 335 Å². The minimum absolute atomic E-state index is 0.0742. The lowest BCUT2D eigenvalue weighted by molar-refractivity contribution is 0.266. The van der Waals surface area contributed by atoms with E-state index in [9.17, 15) is 0 Å². The van der Waals surface area contributed by atoms with Crippen LogP contribution in [0, 0.1) is 0 Å². The minimum Gasteiger partial charge on any atom is -0.485 e. The topological polar surface area (TPSA) is 93.7 Å². The Balaban J connectivity index is 0.627. The van der Waals surface area contributed by atoms with E-state index in [4.69, 9.17) is 29.1 Å². The molecule has 2 unspecified atom stereocenters. The van der Waals surface area contributed by atoms with Crippen molar-refractivity contribution >= 4 is 178 Å². The summed E-state index contributed by atoms with van der Waals surface area (Å²) in [7, 11) is 0. The van der Waals surface area contributed by atoms with Crippen molar-refractivity contribution in [2.75, 3.05) is 0 Å². The third kappa shape index (κ3) is 11.0. The fraction of sp³-hybridized carbons (Fsp3) is 0.105. The largest absolute Gasteiger partial charge is 0.485 e. The molecule has 24 aromatic rings. The Labute approximate surface area is 733 Å². The first kappa shape index (κ1) is 72.8. The molecule has 0 amide bonds. The van der Waals surface area contributed by atoms with Gasteiger partial charge in [-0.2, -0.15) is 0 Å². The summed E-state index contributed by atoms with van der Waals surface area (Å²) >= 11 is 3.85. The number of unbranched alkanes of at least 4 members (excludes halogenated alkanes) is 4. The fourth-order valence-corrected chi connectivity index (χ4v) is 24.1. The Morgan fingerprint density at radius 2 is 0.849 bits per heavy atom. The van der Waals surface area contributed by atoms with Gasteiger partial charge in [0.05, 0.1) is 33.7 Å². The fourth-order valence-electron chi connectivity index (χ4n) is 21.4. The molecule has 2 atom stereocenters. The van der Waals surface area contributed by atoms with Crippen molar-refractivity contribution in [2.24, 2.45) is 0 Å². The van der Waals surface area contributed by atoms with Crippen LogP contribution in [0.1, 0.15) is 75.0 Å². The van der Waals surface area contributed by atoms with Crippen molar-refractivity contribution in [3.05, 3.63) is 357 Å². The molecule has 12 heteroatoms. The predicted molar refractivity (Wildman–Crippen MR) is 527 cm³/mol. The first-order chi connectivity index (χ1) is 62.4. The summed E-state index contributed by atoms with van der Waals surface area (Å²) < 4.78 is 29.2. The number of thiophene rings is 2. The summed E-state index contributed by atoms with van der Waals surface area (Å²) in [5, 5.41) is 16.5. The zero-order valence-electron chi connectivity index (χ0n) is 69.4. The molecule has 126 heavy (non-hydrogen) atoms. The maximum atomic E-state index is 7.51. The minimum atomic E-state index is -0.264. The van der Waals surface area contributed by atoms with Crippen molar-refractivity contribution in [3.8, 4) is 78.4 Å². The van der Waals surface area contributed by atoms with E-state index in [0.717, 1.165) is 163 Å². The van der Waals surface area contributed by atoms with Crippen LogP contribution in [0.4, 0.5) is 0 Å². The maximum Gasteiger partial charge on any atom is 0.147 e. The molecule has 600 valence electrons. The van der Waals surface area contributed by atoms with Crippen molar-refractivity contribution in [1.29, 1.82) is 0 Å². The second kappa shape index (κ2) is 28.9. The molecule has 0 radical (unpaired) electrons. The second-order valence-corrected chi connectivity index (χ2v) is 36.2. The van der Waals surface area contributed by atoms with Crippen LogP contribution in [-0.4, -0.2) is 44.3 Å². The summed E-state index contributed by atoms with van der Waals surface area (Å²) in [4.78, 5) is 20.5. The van der Waals surface area contributed by atoms with Crippen LogP contribution in [-0.2, 0) is 12.8 Å². The number of hydrogen-bond donors (Lipinski definition) is 0. The van der Waals surface area contributed by atoms with Crippen LogP contribution in [0.15, 0.2) is 345 Å². The number of fused-ring (bicyclic) bond motifs is 26. The Bertz CT molecular complexity index is 8680. The number of rotatable bonds is 17. The predicted octanol–water partition coefficient (Wildman–Crippen LogP) is 31.1. The van der Waals surface area contributed by atoms with Crippen LogP contribution < -0.4 is 4.74 Å². The summed E-state index contributed by atoms with van der Waals surface area (Å²) in [6.45, 7) is 4.59. The highest BCUT2D eigenvalue weighted by Gasteiger charge is 2.41. The van der Waals surface area contributed by atoms with Crippen molar-refractivity contribution in [2.45, 2.75) is 77.2 Å². The molecule has 0 spiro atoms. The van der Waals surface area contributed by atoms with E-state index in [1.807, 2.05) is 59.6 Å². The number of ether oxygens (including phenoxy) is 1. The number of furan rings is 1. The van der Waals surface area contributed by atoms with Crippen LogP contribution in [0.5, 0.6) is 5.75 Å². The van der Waals surface area contributed by atoms with Crippen LogP contribution >= 0.6 is 22.7 Å². The zero-order valence-corrected chi connectivity index (χ0v) is 71.0. The number of pyridine rings is 4. The Morgan fingerprint density at radius 1 is 0.341 bits per heavy atom. The van der Waals surface area contributed by atoms with Gasteiger partial charge < -0.3 is 18.3 Å². The van der Waals surface area contributed by atoms with E-state index in [-0.39, 0.29) is 12.0 Å². The summed E-state index contributed by atoms with van der Waals surface area (Å²) in [5.74, 6) is 0.919. The van der Waals surface area contributed by atoms with Gasteiger partial charge in [-0.15, -0.1) is 22.7 Å². The number of benzene rings is 13. The molecule has 13 aromatic carbocycles. The monoisotopic (exact) mass is 1660 g/mol. The van der Waals surface area contributed by atoms with Crippen LogP contribution in [0.25, 0.3) is 228 Å². The lowest BCUT2D eigenvalue weighted by atomic mass is 9.84. The van der Waals surface area contributed by atoms with Crippen molar-refractivity contribution < 1.29 is 9.15 Å². The molecule has 0 N–H and O–H groups in total. The number of para-hydroxylation sites is 4.